The summed E-state index contributed by atoms with van der Waals surface area (Å²) in [6, 6.07) is 15.1. The Morgan fingerprint density at radius 1 is 0.796 bits per heavy atom. The first-order valence-corrected chi connectivity index (χ1v) is 16.6. The quantitative estimate of drug-likeness (QED) is 0.189. The van der Waals surface area contributed by atoms with E-state index in [2.05, 4.69) is 19.8 Å². The normalized spacial score (nSPS) is 19.6. The molecule has 0 bridgehead atoms. The minimum atomic E-state index is -4.71. The van der Waals surface area contributed by atoms with Crippen molar-refractivity contribution in [3.8, 4) is 45.3 Å². The molecular weight excluding hydrogens is 657 g/mol. The van der Waals surface area contributed by atoms with Crippen LogP contribution < -0.4 is 9.47 Å². The molecule has 0 aliphatic carbocycles. The maximum atomic E-state index is 15.0. The molecule has 256 valence electrons. The van der Waals surface area contributed by atoms with Crippen LogP contribution in [0.15, 0.2) is 60.8 Å². The van der Waals surface area contributed by atoms with E-state index in [0.717, 1.165) is 70.3 Å². The highest BCUT2D eigenvalue weighted by Crippen LogP contribution is 2.47. The van der Waals surface area contributed by atoms with E-state index in [0.29, 0.717) is 34.8 Å². The van der Waals surface area contributed by atoms with Gasteiger partial charge in [-0.15, -0.1) is 0 Å². The number of methoxy groups -OCH3 is 2. The fourth-order valence-corrected chi connectivity index (χ4v) is 8.07. The highest BCUT2D eigenvalue weighted by Gasteiger charge is 2.49. The first kappa shape index (κ1) is 32.5. The van der Waals surface area contributed by atoms with Gasteiger partial charge in [0, 0.05) is 84.1 Å². The maximum absolute atomic E-state index is 15.0. The molecule has 0 N–H and O–H groups in total. The second-order valence-electron chi connectivity index (χ2n) is 13.9. The number of likely N-dealkylation sites (tertiary alicyclic amines) is 2. The molecule has 6 heterocycles. The molecule has 12 heteroatoms. The second kappa shape index (κ2) is 12.2. The Bertz CT molecular complexity index is 1900. The second-order valence-corrected chi connectivity index (χ2v) is 14.3. The topological polar surface area (TPSA) is 69.2 Å². The van der Waals surface area contributed by atoms with Gasteiger partial charge >= 0.3 is 6.18 Å². The highest BCUT2D eigenvalue weighted by atomic mass is 35.5. The summed E-state index contributed by atoms with van der Waals surface area (Å²) < 4.78 is 67.2. The number of halogens is 4. The van der Waals surface area contributed by atoms with Crippen LogP contribution in [0, 0.1) is 10.8 Å². The van der Waals surface area contributed by atoms with Crippen molar-refractivity contribution in [3.63, 3.8) is 0 Å². The molecule has 0 atom stereocenters. The van der Waals surface area contributed by atoms with Crippen LogP contribution in [-0.4, -0.2) is 86.6 Å². The van der Waals surface area contributed by atoms with Gasteiger partial charge in [0.05, 0.1) is 62.6 Å². The molecule has 0 unspecified atom stereocenters. The minimum Gasteiger partial charge on any atom is -0.496 e. The number of rotatable bonds is 9. The van der Waals surface area contributed by atoms with Gasteiger partial charge in [0.25, 0.3) is 0 Å². The molecule has 8 rings (SSSR count). The van der Waals surface area contributed by atoms with Crippen LogP contribution in [0.4, 0.5) is 13.2 Å². The smallest absolute Gasteiger partial charge is 0.417 e. The maximum Gasteiger partial charge on any atom is 0.417 e. The zero-order valence-corrected chi connectivity index (χ0v) is 28.0. The zero-order valence-electron chi connectivity index (χ0n) is 27.3. The van der Waals surface area contributed by atoms with Crippen LogP contribution in [0.1, 0.15) is 16.7 Å². The summed E-state index contributed by atoms with van der Waals surface area (Å²) in [5.41, 5.74) is 2.79. The van der Waals surface area contributed by atoms with Crippen LogP contribution in [0.5, 0.6) is 11.6 Å². The van der Waals surface area contributed by atoms with Crippen molar-refractivity contribution in [1.29, 1.82) is 0 Å². The van der Waals surface area contributed by atoms with Crippen molar-refractivity contribution >= 4 is 11.6 Å². The SMILES string of the molecule is COc1cc(-c2nccc(-c3cccc(-c4ccc(CN5CC6(COC6)C5)c(OC)n4)c3C(F)(F)F)c2Cl)ccc1CN1CC2(COC2)C1. The lowest BCUT2D eigenvalue weighted by atomic mass is 9.78. The largest absolute Gasteiger partial charge is 0.496 e. The summed E-state index contributed by atoms with van der Waals surface area (Å²) in [6.07, 6.45) is -3.23. The molecule has 2 aromatic heterocycles. The third-order valence-corrected chi connectivity index (χ3v) is 10.5. The van der Waals surface area contributed by atoms with E-state index < -0.39 is 11.7 Å². The van der Waals surface area contributed by atoms with Gasteiger partial charge in [-0.3, -0.25) is 14.8 Å². The number of hydrogen-bond acceptors (Lipinski definition) is 8. The van der Waals surface area contributed by atoms with E-state index in [-0.39, 0.29) is 32.8 Å². The molecule has 4 fully saturated rings. The summed E-state index contributed by atoms with van der Waals surface area (Å²) in [6.45, 7) is 8.28. The van der Waals surface area contributed by atoms with Crippen molar-refractivity contribution in [1.82, 2.24) is 19.8 Å². The summed E-state index contributed by atoms with van der Waals surface area (Å²) in [7, 11) is 3.09. The van der Waals surface area contributed by atoms with Crippen LogP contribution in [-0.2, 0) is 28.7 Å². The van der Waals surface area contributed by atoms with Crippen molar-refractivity contribution in [2.45, 2.75) is 19.3 Å². The third-order valence-electron chi connectivity index (χ3n) is 10.2. The number of benzene rings is 2. The lowest BCUT2D eigenvalue weighted by Gasteiger charge is -2.55. The predicted octanol–water partition coefficient (Wildman–Crippen LogP) is 6.83. The molecule has 8 nitrogen and oxygen atoms in total. The fourth-order valence-electron chi connectivity index (χ4n) is 7.74. The Hall–Kier alpha value is -3.74. The van der Waals surface area contributed by atoms with Crippen LogP contribution in [0.25, 0.3) is 33.6 Å². The van der Waals surface area contributed by atoms with Gasteiger partial charge in [-0.1, -0.05) is 48.0 Å². The Labute approximate surface area is 287 Å². The molecular formula is C37H36ClF3N4O4. The average molecular weight is 693 g/mol. The molecule has 4 saturated heterocycles. The molecule has 2 spiro atoms. The first-order chi connectivity index (χ1) is 23.6. The molecule has 49 heavy (non-hydrogen) atoms. The van der Waals surface area contributed by atoms with Gasteiger partial charge in [-0.25, -0.2) is 4.98 Å². The molecule has 0 saturated carbocycles. The van der Waals surface area contributed by atoms with Gasteiger partial charge < -0.3 is 18.9 Å². The predicted molar refractivity (Wildman–Crippen MR) is 179 cm³/mol. The summed E-state index contributed by atoms with van der Waals surface area (Å²) >= 11 is 6.94. The van der Waals surface area contributed by atoms with Gasteiger partial charge in [0.2, 0.25) is 5.88 Å². The number of ether oxygens (including phenoxy) is 4. The molecule has 4 aromatic rings. The summed E-state index contributed by atoms with van der Waals surface area (Å²) in [5.74, 6) is 0.966. The van der Waals surface area contributed by atoms with Gasteiger partial charge in [-0.2, -0.15) is 13.2 Å². The van der Waals surface area contributed by atoms with E-state index in [1.165, 1.54) is 31.5 Å². The Morgan fingerprint density at radius 2 is 1.43 bits per heavy atom. The lowest BCUT2D eigenvalue weighted by Crippen LogP contribution is -2.65. The Kier molecular flexibility index (Phi) is 8.11. The standard InChI is InChI=1S/C37H36ClF3N4O4/c1-46-30-12-23(6-7-24(30)13-44-15-35(16-44)19-48-20-35)33-32(38)27(10-11-42-33)26-4-3-5-28(31(26)37(39,40)41)29-9-8-25(34(43-29)47-2)14-45-17-36(18-45)21-49-22-36/h3-12H,13-22H2,1-2H3. The molecule has 0 radical (unpaired) electrons. The van der Waals surface area contributed by atoms with E-state index >= 15 is 13.2 Å². The van der Waals surface area contributed by atoms with Crippen LogP contribution >= 0.6 is 11.6 Å². The number of pyridine rings is 2. The van der Waals surface area contributed by atoms with E-state index in [4.69, 9.17) is 30.5 Å². The monoisotopic (exact) mass is 692 g/mol. The van der Waals surface area contributed by atoms with Crippen molar-refractivity contribution < 1.29 is 32.1 Å². The number of nitrogens with zero attached hydrogens (tertiary/aromatic N) is 4. The van der Waals surface area contributed by atoms with E-state index in [9.17, 15) is 0 Å². The van der Waals surface area contributed by atoms with Gasteiger partial charge in [0.1, 0.15) is 5.75 Å². The van der Waals surface area contributed by atoms with Gasteiger partial charge in [0.15, 0.2) is 0 Å². The highest BCUT2D eigenvalue weighted by molar-refractivity contribution is 6.35. The van der Waals surface area contributed by atoms with Crippen molar-refractivity contribution in [2.75, 3.05) is 66.8 Å². The number of alkyl halides is 3. The van der Waals surface area contributed by atoms with E-state index in [1.807, 2.05) is 18.2 Å². The molecule has 4 aliphatic rings. The molecule has 0 amide bonds. The third kappa shape index (κ3) is 5.85. The lowest BCUT2D eigenvalue weighted by molar-refractivity contribution is -0.191. The number of aromatic nitrogens is 2. The molecule has 4 aliphatic heterocycles. The summed E-state index contributed by atoms with van der Waals surface area (Å²) in [4.78, 5) is 13.7. The zero-order chi connectivity index (χ0) is 34.0. The first-order valence-electron chi connectivity index (χ1n) is 16.3. The average Bonchev–Trinajstić information content (AvgIpc) is 3.01. The molecule has 2 aromatic carbocycles. The Balaban J connectivity index is 1.10. The Morgan fingerprint density at radius 3 is 2.02 bits per heavy atom. The van der Waals surface area contributed by atoms with Crippen LogP contribution in [0.2, 0.25) is 5.02 Å². The van der Waals surface area contributed by atoms with Crippen molar-refractivity contribution in [2.24, 2.45) is 10.8 Å². The fraction of sp³-hybridized carbons (Fsp3) is 0.405. The van der Waals surface area contributed by atoms with E-state index in [1.54, 1.807) is 25.3 Å². The van der Waals surface area contributed by atoms with Crippen molar-refractivity contribution in [3.05, 3.63) is 82.5 Å². The minimum absolute atomic E-state index is 0.0626. The van der Waals surface area contributed by atoms with Crippen LogP contribution in [0.3, 0.4) is 0 Å². The number of hydrogen-bond donors (Lipinski definition) is 0. The summed E-state index contributed by atoms with van der Waals surface area (Å²) in [5, 5.41) is 0.111. The van der Waals surface area contributed by atoms with Gasteiger partial charge in [-0.05, 0) is 23.8 Å².